The Morgan fingerprint density at radius 3 is 3.00 bits per heavy atom. The molecule has 6 nitrogen and oxygen atoms in total. The number of hydrogen-bond donors (Lipinski definition) is 1. The number of amides is 1. The highest BCUT2D eigenvalue weighted by molar-refractivity contribution is 6.30. The summed E-state index contributed by atoms with van der Waals surface area (Å²) in [6, 6.07) is 6.69. The van der Waals surface area contributed by atoms with Crippen LogP contribution in [0.5, 0.6) is 0 Å². The van der Waals surface area contributed by atoms with E-state index in [2.05, 4.69) is 22.9 Å². The molecular weight excluding hydrogens is 383 g/mol. The third-order valence-corrected chi connectivity index (χ3v) is 4.93. The highest BCUT2D eigenvalue weighted by Gasteiger charge is 2.30. The molecule has 0 saturated heterocycles. The maximum absolute atomic E-state index is 13.6. The van der Waals surface area contributed by atoms with Gasteiger partial charge < -0.3 is 14.6 Å². The van der Waals surface area contributed by atoms with Crippen LogP contribution in [0.15, 0.2) is 37.3 Å². The molecule has 1 aromatic carbocycles. The van der Waals surface area contributed by atoms with E-state index >= 15 is 0 Å². The summed E-state index contributed by atoms with van der Waals surface area (Å²) in [5.41, 5.74) is 1.96. The number of imidazole rings is 1. The van der Waals surface area contributed by atoms with Crippen molar-refractivity contribution < 1.29 is 13.9 Å². The van der Waals surface area contributed by atoms with Crippen molar-refractivity contribution in [1.82, 2.24) is 14.9 Å². The summed E-state index contributed by atoms with van der Waals surface area (Å²) in [5, 5.41) is 11.6. The molecular formula is C20H20ClFN4O2. The van der Waals surface area contributed by atoms with Crippen LogP contribution in [0.1, 0.15) is 19.3 Å². The number of carbonyl (C=O) groups is 1. The monoisotopic (exact) mass is 402 g/mol. The number of aromatic nitrogens is 2. The number of nitrogens with zero attached hydrogens (tertiary/aromatic N) is 3. The van der Waals surface area contributed by atoms with Crippen LogP contribution in [0, 0.1) is 23.1 Å². The molecule has 1 heterocycles. The summed E-state index contributed by atoms with van der Waals surface area (Å²) in [6.07, 6.45) is 5.26. The van der Waals surface area contributed by atoms with Crippen molar-refractivity contribution in [1.29, 1.82) is 5.26 Å². The third kappa shape index (κ3) is 4.97. The lowest BCUT2D eigenvalue weighted by atomic mass is 9.83. The quantitative estimate of drug-likeness (QED) is 0.731. The second-order valence-corrected chi connectivity index (χ2v) is 7.10. The molecule has 2 aromatic rings. The zero-order chi connectivity index (χ0) is 20.1. The fourth-order valence-electron chi connectivity index (χ4n) is 2.83. The van der Waals surface area contributed by atoms with Gasteiger partial charge in [-0.3, -0.25) is 4.79 Å². The summed E-state index contributed by atoms with van der Waals surface area (Å²) < 4.78 is 20.8. The molecule has 0 aliphatic heterocycles. The van der Waals surface area contributed by atoms with E-state index < -0.39 is 5.82 Å². The van der Waals surface area contributed by atoms with Crippen molar-refractivity contribution in [2.45, 2.75) is 25.4 Å². The van der Waals surface area contributed by atoms with Gasteiger partial charge in [-0.1, -0.05) is 24.2 Å². The molecule has 0 atom stereocenters. The van der Waals surface area contributed by atoms with Gasteiger partial charge in [0.25, 0.3) is 0 Å². The number of hydrogen-bond acceptors (Lipinski definition) is 4. The van der Waals surface area contributed by atoms with Gasteiger partial charge in [0.15, 0.2) is 0 Å². The highest BCUT2D eigenvalue weighted by Crippen LogP contribution is 2.29. The van der Waals surface area contributed by atoms with E-state index in [4.69, 9.17) is 21.6 Å². The number of rotatable bonds is 8. The first-order chi connectivity index (χ1) is 13.5. The van der Waals surface area contributed by atoms with E-state index in [9.17, 15) is 9.18 Å². The number of nitrogens with one attached hydrogen (secondary N) is 1. The zero-order valence-corrected chi connectivity index (χ0v) is 16.0. The first-order valence-corrected chi connectivity index (χ1v) is 9.29. The SMILES string of the molecule is C=C(CCNC(=O)CO[C@H]1C[C@H](C#N)C1)n1cnc(-c2ccc(Cl)c(F)c2)c1. The normalized spacial score (nSPS) is 18.2. The van der Waals surface area contributed by atoms with Crippen molar-refractivity contribution in [3.8, 4) is 17.3 Å². The van der Waals surface area contributed by atoms with Gasteiger partial charge >= 0.3 is 0 Å². The molecule has 0 bridgehead atoms. The number of ether oxygens (including phenoxy) is 1. The van der Waals surface area contributed by atoms with Crippen molar-refractivity contribution in [2.24, 2.45) is 5.92 Å². The van der Waals surface area contributed by atoms with E-state index in [-0.39, 0.29) is 29.6 Å². The molecule has 0 radical (unpaired) electrons. The minimum Gasteiger partial charge on any atom is -0.368 e. The van der Waals surface area contributed by atoms with Gasteiger partial charge in [0.2, 0.25) is 5.91 Å². The molecule has 146 valence electrons. The minimum absolute atomic E-state index is 0.00689. The van der Waals surface area contributed by atoms with Crippen molar-refractivity contribution in [2.75, 3.05) is 13.2 Å². The van der Waals surface area contributed by atoms with Crippen LogP contribution in [0.2, 0.25) is 5.02 Å². The van der Waals surface area contributed by atoms with Crippen molar-refractivity contribution in [3.63, 3.8) is 0 Å². The van der Waals surface area contributed by atoms with Crippen LogP contribution < -0.4 is 5.32 Å². The predicted octanol–water partition coefficient (Wildman–Crippen LogP) is 3.64. The second-order valence-electron chi connectivity index (χ2n) is 6.69. The average molecular weight is 403 g/mol. The number of benzene rings is 1. The number of nitriles is 1. The first kappa shape index (κ1) is 20.1. The van der Waals surface area contributed by atoms with Gasteiger partial charge in [0.1, 0.15) is 12.4 Å². The largest absolute Gasteiger partial charge is 0.368 e. The molecule has 0 spiro atoms. The van der Waals surface area contributed by atoms with E-state index in [1.54, 1.807) is 23.2 Å². The molecule has 1 saturated carbocycles. The molecule has 3 rings (SSSR count). The van der Waals surface area contributed by atoms with E-state index in [0.29, 0.717) is 37.1 Å². The summed E-state index contributed by atoms with van der Waals surface area (Å²) in [4.78, 5) is 16.1. The Bertz CT molecular complexity index is 915. The Balaban J connectivity index is 1.41. The lowest BCUT2D eigenvalue weighted by molar-refractivity contribution is -0.130. The Morgan fingerprint density at radius 2 is 2.29 bits per heavy atom. The standard InChI is InChI=1S/C20H20ClFN4O2/c1-13(4-5-24-20(27)11-28-16-6-14(7-16)9-23)26-10-19(25-12-26)15-2-3-17(21)18(22)8-15/h2-3,8,10,12,14,16H,1,4-7,11H2,(H,24,27)/t14-,16-. The Kier molecular flexibility index (Phi) is 6.45. The third-order valence-electron chi connectivity index (χ3n) is 4.63. The Morgan fingerprint density at radius 1 is 1.50 bits per heavy atom. The molecule has 8 heteroatoms. The van der Waals surface area contributed by atoms with Gasteiger partial charge in [-0.05, 0) is 25.0 Å². The summed E-state index contributed by atoms with van der Waals surface area (Å²) in [5.74, 6) is -0.639. The van der Waals surface area contributed by atoms with Crippen molar-refractivity contribution >= 4 is 23.2 Å². The van der Waals surface area contributed by atoms with Crippen LogP contribution in [0.4, 0.5) is 4.39 Å². The summed E-state index contributed by atoms with van der Waals surface area (Å²) in [7, 11) is 0. The second kappa shape index (κ2) is 9.00. The van der Waals surface area contributed by atoms with Crippen LogP contribution >= 0.6 is 11.6 Å². The van der Waals surface area contributed by atoms with Gasteiger partial charge in [-0.15, -0.1) is 0 Å². The van der Waals surface area contributed by atoms with Crippen LogP contribution in [-0.2, 0) is 9.53 Å². The van der Waals surface area contributed by atoms with Gasteiger partial charge in [0.05, 0.1) is 35.1 Å². The molecule has 1 N–H and O–H groups in total. The van der Waals surface area contributed by atoms with Gasteiger partial charge in [-0.2, -0.15) is 5.26 Å². The predicted molar refractivity (Wildman–Crippen MR) is 104 cm³/mol. The molecule has 1 amide bonds. The molecule has 1 aliphatic carbocycles. The van der Waals surface area contributed by atoms with Crippen LogP contribution in [-0.4, -0.2) is 34.7 Å². The molecule has 1 aromatic heterocycles. The van der Waals surface area contributed by atoms with Gasteiger partial charge in [-0.25, -0.2) is 9.37 Å². The molecule has 28 heavy (non-hydrogen) atoms. The Hall–Kier alpha value is -2.69. The highest BCUT2D eigenvalue weighted by atomic mass is 35.5. The maximum Gasteiger partial charge on any atom is 0.246 e. The topological polar surface area (TPSA) is 79.9 Å². The van der Waals surface area contributed by atoms with E-state index in [1.807, 2.05) is 0 Å². The number of halogens is 2. The lowest BCUT2D eigenvalue weighted by Crippen LogP contribution is -2.35. The smallest absolute Gasteiger partial charge is 0.246 e. The fourth-order valence-corrected chi connectivity index (χ4v) is 2.94. The summed E-state index contributed by atoms with van der Waals surface area (Å²) >= 11 is 5.70. The lowest BCUT2D eigenvalue weighted by Gasteiger charge is -2.30. The van der Waals surface area contributed by atoms with E-state index in [0.717, 1.165) is 5.70 Å². The first-order valence-electron chi connectivity index (χ1n) is 8.91. The molecule has 1 aliphatic rings. The number of carbonyl (C=O) groups excluding carboxylic acids is 1. The molecule has 0 unspecified atom stereocenters. The van der Waals surface area contributed by atoms with Crippen LogP contribution in [0.25, 0.3) is 17.0 Å². The minimum atomic E-state index is -0.498. The Labute approximate surface area is 167 Å². The van der Waals surface area contributed by atoms with Crippen LogP contribution in [0.3, 0.4) is 0 Å². The van der Waals surface area contributed by atoms with Crippen molar-refractivity contribution in [3.05, 3.63) is 48.1 Å². The molecule has 1 fully saturated rings. The average Bonchev–Trinajstić information content (AvgIpc) is 3.13. The summed E-state index contributed by atoms with van der Waals surface area (Å²) in [6.45, 7) is 4.39. The van der Waals surface area contributed by atoms with Gasteiger partial charge in [0, 0.05) is 30.4 Å². The van der Waals surface area contributed by atoms with E-state index in [1.165, 1.54) is 12.1 Å². The maximum atomic E-state index is 13.6. The fraction of sp³-hybridized carbons (Fsp3) is 0.350. The zero-order valence-electron chi connectivity index (χ0n) is 15.2.